The molecular weight excluding hydrogens is 200 g/mol. The van der Waals surface area contributed by atoms with Crippen molar-refractivity contribution in [1.82, 2.24) is 5.32 Å². The van der Waals surface area contributed by atoms with Gasteiger partial charge in [-0.05, 0) is 19.4 Å². The molecule has 82 valence electrons. The molecule has 4 heteroatoms. The first-order valence-corrected chi connectivity index (χ1v) is 4.66. The van der Waals surface area contributed by atoms with Crippen molar-refractivity contribution in [2.45, 2.75) is 26.3 Å². The molecule has 1 N–H and O–H groups in total. The number of amides is 1. The third-order valence-corrected chi connectivity index (χ3v) is 2.10. The monoisotopic (exact) mass is 213 g/mol. The first kappa shape index (κ1) is 11.6. The molecule has 0 saturated carbocycles. The van der Waals surface area contributed by atoms with E-state index in [1.807, 2.05) is 25.1 Å². The Bertz CT molecular complexity index is 352. The molecule has 1 aromatic carbocycles. The van der Waals surface area contributed by atoms with Gasteiger partial charge in [-0.15, -0.1) is 0 Å². The van der Waals surface area contributed by atoms with Gasteiger partial charge in [-0.25, -0.2) is 0 Å². The zero-order valence-electron chi connectivity index (χ0n) is 8.63. The molecule has 1 amide bonds. The van der Waals surface area contributed by atoms with E-state index in [1.165, 1.54) is 0 Å². The molecule has 0 fully saturated rings. The van der Waals surface area contributed by atoms with Crippen LogP contribution < -0.4 is 5.32 Å². The van der Waals surface area contributed by atoms with Gasteiger partial charge in [0, 0.05) is 0 Å². The van der Waals surface area contributed by atoms with Gasteiger partial charge in [0.15, 0.2) is 0 Å². The molecule has 15 heavy (non-hydrogen) atoms. The van der Waals surface area contributed by atoms with Crippen LogP contribution >= 0.6 is 0 Å². The number of halogens is 2. The minimum absolute atomic E-state index is 0.397. The van der Waals surface area contributed by atoms with Crippen molar-refractivity contribution >= 4 is 5.91 Å². The number of hydrogen-bond acceptors (Lipinski definition) is 1. The second kappa shape index (κ2) is 4.87. The van der Waals surface area contributed by atoms with Crippen molar-refractivity contribution in [3.05, 3.63) is 35.4 Å². The highest BCUT2D eigenvalue weighted by Gasteiger charge is 2.17. The molecule has 1 atom stereocenters. The van der Waals surface area contributed by atoms with E-state index in [9.17, 15) is 13.6 Å². The minimum Gasteiger partial charge on any atom is -0.345 e. The number of aryl methyl sites for hydroxylation is 1. The Balaban J connectivity index is 2.69. The van der Waals surface area contributed by atoms with E-state index in [-0.39, 0.29) is 0 Å². The second-order valence-corrected chi connectivity index (χ2v) is 3.45. The van der Waals surface area contributed by atoms with Gasteiger partial charge in [0.25, 0.3) is 5.91 Å². The first-order valence-electron chi connectivity index (χ1n) is 4.66. The van der Waals surface area contributed by atoms with E-state index in [1.54, 1.807) is 13.0 Å². The van der Waals surface area contributed by atoms with Gasteiger partial charge in [-0.2, -0.15) is 8.78 Å². The van der Waals surface area contributed by atoms with Crippen molar-refractivity contribution < 1.29 is 13.6 Å². The number of carbonyl (C=O) groups is 1. The summed E-state index contributed by atoms with van der Waals surface area (Å²) in [5, 5.41) is 2.23. The van der Waals surface area contributed by atoms with E-state index in [0.29, 0.717) is 0 Å². The van der Waals surface area contributed by atoms with Crippen LogP contribution in [0.4, 0.5) is 8.78 Å². The number of benzene rings is 1. The van der Waals surface area contributed by atoms with Gasteiger partial charge in [0.2, 0.25) is 0 Å². The summed E-state index contributed by atoms with van der Waals surface area (Å²) in [5.74, 6) is -1.23. The smallest absolute Gasteiger partial charge is 0.315 e. The van der Waals surface area contributed by atoms with Gasteiger partial charge >= 0.3 is 6.43 Å². The number of alkyl halides is 2. The Kier molecular flexibility index (Phi) is 3.77. The molecule has 2 nitrogen and oxygen atoms in total. The highest BCUT2D eigenvalue weighted by atomic mass is 19.3. The summed E-state index contributed by atoms with van der Waals surface area (Å²) in [7, 11) is 0. The highest BCUT2D eigenvalue weighted by molar-refractivity contribution is 5.79. The molecule has 1 rings (SSSR count). The van der Waals surface area contributed by atoms with Crippen LogP contribution in [-0.4, -0.2) is 12.3 Å². The highest BCUT2D eigenvalue weighted by Crippen LogP contribution is 2.14. The van der Waals surface area contributed by atoms with E-state index >= 15 is 0 Å². The molecule has 0 radical (unpaired) electrons. The first-order chi connectivity index (χ1) is 7.00. The molecule has 0 unspecified atom stereocenters. The molecule has 0 aliphatic rings. The predicted molar refractivity (Wildman–Crippen MR) is 53.7 cm³/mol. The van der Waals surface area contributed by atoms with Crippen molar-refractivity contribution in [3.63, 3.8) is 0 Å². The third kappa shape index (κ3) is 3.31. The maximum Gasteiger partial charge on any atom is 0.315 e. The Labute approximate surface area is 87.3 Å². The largest absolute Gasteiger partial charge is 0.345 e. The topological polar surface area (TPSA) is 29.1 Å². The van der Waals surface area contributed by atoms with Gasteiger partial charge in [-0.3, -0.25) is 4.79 Å². The van der Waals surface area contributed by atoms with Crippen LogP contribution in [0.3, 0.4) is 0 Å². The number of hydrogen-bond donors (Lipinski definition) is 1. The molecule has 0 heterocycles. The second-order valence-electron chi connectivity index (χ2n) is 3.45. The standard InChI is InChI=1S/C11H13F2NO/c1-7-4-3-5-9(6-7)8(2)14-11(15)10(12)13/h3-6,8,10H,1-2H3,(H,14,15)/t8-/m1/s1. The summed E-state index contributed by atoms with van der Waals surface area (Å²) in [5.41, 5.74) is 1.86. The molecule has 0 aliphatic heterocycles. The predicted octanol–water partition coefficient (Wildman–Crippen LogP) is 2.44. The molecule has 0 spiro atoms. The molecule has 0 aromatic heterocycles. The fourth-order valence-electron chi connectivity index (χ4n) is 1.30. The van der Waals surface area contributed by atoms with Crippen LogP contribution in [-0.2, 0) is 4.79 Å². The molecule has 0 bridgehead atoms. The molecule has 1 aromatic rings. The van der Waals surface area contributed by atoms with Crippen molar-refractivity contribution in [2.75, 3.05) is 0 Å². The summed E-state index contributed by atoms with van der Waals surface area (Å²) in [6, 6.07) is 6.99. The van der Waals surface area contributed by atoms with Crippen LogP contribution in [0.25, 0.3) is 0 Å². The Morgan fingerprint density at radius 3 is 2.60 bits per heavy atom. The van der Waals surface area contributed by atoms with Gasteiger partial charge in [0.1, 0.15) is 0 Å². The summed E-state index contributed by atoms with van der Waals surface area (Å²) in [4.78, 5) is 10.8. The van der Waals surface area contributed by atoms with Gasteiger partial charge in [-0.1, -0.05) is 29.8 Å². The molecule has 0 aliphatic carbocycles. The minimum atomic E-state index is -2.96. The zero-order valence-corrected chi connectivity index (χ0v) is 8.63. The lowest BCUT2D eigenvalue weighted by Gasteiger charge is -2.14. The Hall–Kier alpha value is -1.45. The van der Waals surface area contributed by atoms with E-state index < -0.39 is 18.4 Å². The summed E-state index contributed by atoms with van der Waals surface area (Å²) >= 11 is 0. The molecule has 0 saturated heterocycles. The maximum absolute atomic E-state index is 12.0. The SMILES string of the molecule is Cc1cccc([C@@H](C)NC(=O)C(F)F)c1. The zero-order chi connectivity index (χ0) is 11.4. The fraction of sp³-hybridized carbons (Fsp3) is 0.364. The van der Waals surface area contributed by atoms with Crippen LogP contribution in [0.15, 0.2) is 24.3 Å². The number of rotatable bonds is 3. The quantitative estimate of drug-likeness (QED) is 0.820. The summed E-state index contributed by atoms with van der Waals surface area (Å²) in [6.45, 7) is 3.58. The maximum atomic E-state index is 12.0. The van der Waals surface area contributed by atoms with Gasteiger partial charge < -0.3 is 5.32 Å². The summed E-state index contributed by atoms with van der Waals surface area (Å²) < 4.78 is 23.9. The lowest BCUT2D eigenvalue weighted by atomic mass is 10.1. The lowest BCUT2D eigenvalue weighted by Crippen LogP contribution is -2.31. The van der Waals surface area contributed by atoms with Crippen molar-refractivity contribution in [1.29, 1.82) is 0 Å². The van der Waals surface area contributed by atoms with Crippen LogP contribution in [0, 0.1) is 6.92 Å². The van der Waals surface area contributed by atoms with E-state index in [4.69, 9.17) is 0 Å². The normalized spacial score (nSPS) is 12.6. The lowest BCUT2D eigenvalue weighted by molar-refractivity contribution is -0.132. The van der Waals surface area contributed by atoms with Crippen molar-refractivity contribution in [2.24, 2.45) is 0 Å². The van der Waals surface area contributed by atoms with E-state index in [2.05, 4.69) is 5.32 Å². The summed E-state index contributed by atoms with van der Waals surface area (Å²) in [6.07, 6.45) is -2.96. The van der Waals surface area contributed by atoms with E-state index in [0.717, 1.165) is 11.1 Å². The van der Waals surface area contributed by atoms with Crippen LogP contribution in [0.5, 0.6) is 0 Å². The van der Waals surface area contributed by atoms with Crippen LogP contribution in [0.2, 0.25) is 0 Å². The average Bonchev–Trinajstić information content (AvgIpc) is 2.17. The van der Waals surface area contributed by atoms with Gasteiger partial charge in [0.05, 0.1) is 6.04 Å². The number of carbonyl (C=O) groups excluding carboxylic acids is 1. The third-order valence-electron chi connectivity index (χ3n) is 2.10. The number of nitrogens with one attached hydrogen (secondary N) is 1. The average molecular weight is 213 g/mol. The fourth-order valence-corrected chi connectivity index (χ4v) is 1.30. The van der Waals surface area contributed by atoms with Crippen molar-refractivity contribution in [3.8, 4) is 0 Å². The Morgan fingerprint density at radius 1 is 1.40 bits per heavy atom. The van der Waals surface area contributed by atoms with Crippen LogP contribution in [0.1, 0.15) is 24.1 Å². The molecular formula is C11H13F2NO. The Morgan fingerprint density at radius 2 is 2.07 bits per heavy atom.